The number of nitrogens with one attached hydrogen (secondary N) is 1. The molecule has 0 aliphatic rings. The van der Waals surface area contributed by atoms with Crippen molar-refractivity contribution in [3.8, 4) is 16.9 Å². The van der Waals surface area contributed by atoms with E-state index in [0.29, 0.717) is 11.4 Å². The molecule has 6 nitrogen and oxygen atoms in total. The summed E-state index contributed by atoms with van der Waals surface area (Å²) >= 11 is 0. The minimum Gasteiger partial charge on any atom is -0.309 e. The summed E-state index contributed by atoms with van der Waals surface area (Å²) in [5.41, 5.74) is 9.67. The maximum atomic E-state index is 13.1. The number of carbonyl (C=O) groups excluding carboxylic acids is 1. The lowest BCUT2D eigenvalue weighted by Crippen LogP contribution is -2.20. The molecule has 1 amide bonds. The molecule has 6 aromatic rings. The zero-order valence-corrected chi connectivity index (χ0v) is 19.7. The minimum absolute atomic E-state index is 0.310. The van der Waals surface area contributed by atoms with Crippen LogP contribution in [0.2, 0.25) is 0 Å². The van der Waals surface area contributed by atoms with E-state index < -0.39 is 0 Å². The number of imidazole rings is 1. The lowest BCUT2D eigenvalue weighted by Gasteiger charge is -2.12. The number of hydrazone groups is 1. The molecule has 0 atom stereocenters. The van der Waals surface area contributed by atoms with Gasteiger partial charge in [0.1, 0.15) is 11.3 Å². The fraction of sp³-hybridized carbons (Fsp3) is 0.0333. The van der Waals surface area contributed by atoms with Gasteiger partial charge in [0.25, 0.3) is 5.91 Å². The molecule has 0 saturated carbocycles. The number of fused-ring (bicyclic) bond motifs is 2. The largest absolute Gasteiger partial charge is 0.309 e. The molecule has 3 heterocycles. The second kappa shape index (κ2) is 9.00. The summed E-state index contributed by atoms with van der Waals surface area (Å²) in [6.07, 6.45) is 3.56. The van der Waals surface area contributed by atoms with Crippen molar-refractivity contribution in [2.24, 2.45) is 5.10 Å². The van der Waals surface area contributed by atoms with E-state index in [0.717, 1.165) is 39.1 Å². The number of rotatable bonds is 5. The predicted molar refractivity (Wildman–Crippen MR) is 144 cm³/mol. The molecule has 0 aliphatic heterocycles. The average Bonchev–Trinajstić information content (AvgIpc) is 3.44. The number of amides is 1. The molecule has 1 N–H and O–H groups in total. The molecular formula is C30H23N5O. The van der Waals surface area contributed by atoms with Crippen LogP contribution in [0.25, 0.3) is 33.5 Å². The molecule has 36 heavy (non-hydrogen) atoms. The van der Waals surface area contributed by atoms with Crippen LogP contribution < -0.4 is 5.43 Å². The van der Waals surface area contributed by atoms with Gasteiger partial charge in [-0.1, -0.05) is 72.8 Å². The van der Waals surface area contributed by atoms with Crippen molar-refractivity contribution in [3.05, 3.63) is 126 Å². The first-order chi connectivity index (χ1) is 17.7. The third-order valence-corrected chi connectivity index (χ3v) is 6.25. The van der Waals surface area contributed by atoms with Gasteiger partial charge in [-0.05, 0) is 42.8 Å². The van der Waals surface area contributed by atoms with Crippen LogP contribution in [0.4, 0.5) is 0 Å². The highest BCUT2D eigenvalue weighted by atomic mass is 16.2. The number of nitrogens with zero attached hydrogens (tertiary/aromatic N) is 4. The van der Waals surface area contributed by atoms with Crippen LogP contribution in [-0.4, -0.2) is 26.1 Å². The summed E-state index contributed by atoms with van der Waals surface area (Å²) in [6, 6.07) is 34.4. The minimum atomic E-state index is -0.310. The molecule has 3 aromatic heterocycles. The number of pyridine rings is 1. The monoisotopic (exact) mass is 469 g/mol. The predicted octanol–water partition coefficient (Wildman–Crippen LogP) is 6.02. The Kier molecular flexibility index (Phi) is 5.39. The van der Waals surface area contributed by atoms with Gasteiger partial charge in [-0.25, -0.2) is 10.4 Å². The van der Waals surface area contributed by atoms with Crippen LogP contribution in [0.3, 0.4) is 0 Å². The van der Waals surface area contributed by atoms with Gasteiger partial charge >= 0.3 is 0 Å². The Bertz CT molecular complexity index is 1730. The molecule has 0 saturated heterocycles. The van der Waals surface area contributed by atoms with E-state index in [4.69, 9.17) is 0 Å². The van der Waals surface area contributed by atoms with Crippen molar-refractivity contribution in [1.29, 1.82) is 0 Å². The van der Waals surface area contributed by atoms with Gasteiger partial charge in [-0.2, -0.15) is 5.10 Å². The molecular weight excluding hydrogens is 446 g/mol. The fourth-order valence-corrected chi connectivity index (χ4v) is 4.72. The van der Waals surface area contributed by atoms with Crippen LogP contribution in [0.15, 0.2) is 114 Å². The molecule has 0 radical (unpaired) electrons. The van der Waals surface area contributed by atoms with Gasteiger partial charge < -0.3 is 4.57 Å². The quantitative estimate of drug-likeness (QED) is 0.248. The number of hydrogen-bond acceptors (Lipinski definition) is 3. The summed E-state index contributed by atoms with van der Waals surface area (Å²) in [5.74, 6) is -0.310. The molecule has 174 valence electrons. The zero-order chi connectivity index (χ0) is 24.5. The van der Waals surface area contributed by atoms with Crippen LogP contribution in [0.5, 0.6) is 0 Å². The second-order valence-corrected chi connectivity index (χ2v) is 8.49. The van der Waals surface area contributed by atoms with E-state index >= 15 is 0 Å². The normalized spacial score (nSPS) is 11.5. The summed E-state index contributed by atoms with van der Waals surface area (Å²) in [6.45, 7) is 1.83. The van der Waals surface area contributed by atoms with E-state index in [1.165, 1.54) is 0 Å². The summed E-state index contributed by atoms with van der Waals surface area (Å²) < 4.78 is 4.01. The average molecular weight is 470 g/mol. The Balaban J connectivity index is 1.47. The van der Waals surface area contributed by atoms with E-state index in [2.05, 4.69) is 56.5 Å². The highest BCUT2D eigenvalue weighted by molar-refractivity contribution is 6.08. The van der Waals surface area contributed by atoms with Crippen molar-refractivity contribution in [1.82, 2.24) is 19.4 Å². The Hall–Kier alpha value is -4.97. The van der Waals surface area contributed by atoms with Gasteiger partial charge in [0.15, 0.2) is 0 Å². The van der Waals surface area contributed by atoms with E-state index in [1.54, 1.807) is 10.6 Å². The maximum absolute atomic E-state index is 13.1. The first-order valence-electron chi connectivity index (χ1n) is 11.7. The first-order valence-corrected chi connectivity index (χ1v) is 11.7. The van der Waals surface area contributed by atoms with Gasteiger partial charge in [-0.15, -0.1) is 0 Å². The maximum Gasteiger partial charge on any atom is 0.290 e. The molecule has 0 aliphatic carbocycles. The van der Waals surface area contributed by atoms with Crippen LogP contribution >= 0.6 is 0 Å². The summed E-state index contributed by atoms with van der Waals surface area (Å²) in [4.78, 5) is 17.6. The highest BCUT2D eigenvalue weighted by Gasteiger charge is 2.19. The van der Waals surface area contributed by atoms with Gasteiger partial charge in [0.05, 0.1) is 23.1 Å². The highest BCUT2D eigenvalue weighted by Crippen LogP contribution is 2.35. The lowest BCUT2D eigenvalue weighted by atomic mass is 10.1. The van der Waals surface area contributed by atoms with E-state index in [-0.39, 0.29) is 5.91 Å². The zero-order valence-electron chi connectivity index (χ0n) is 19.7. The van der Waals surface area contributed by atoms with Crippen LogP contribution in [-0.2, 0) is 0 Å². The summed E-state index contributed by atoms with van der Waals surface area (Å²) in [5, 5.41) is 5.46. The van der Waals surface area contributed by atoms with Gasteiger partial charge in [0.2, 0.25) is 0 Å². The SMILES string of the molecule is Cc1nc2ccccn2c1C(=O)NN=Cc1c(-c2ccccc2)n(-c2ccccc2)c2ccccc12. The van der Waals surface area contributed by atoms with Crippen LogP contribution in [0.1, 0.15) is 21.7 Å². The van der Waals surface area contributed by atoms with E-state index in [1.807, 2.05) is 79.9 Å². The van der Waals surface area contributed by atoms with E-state index in [9.17, 15) is 4.79 Å². The third kappa shape index (κ3) is 3.65. The molecule has 6 heteroatoms. The second-order valence-electron chi connectivity index (χ2n) is 8.49. The molecule has 3 aromatic carbocycles. The smallest absolute Gasteiger partial charge is 0.290 e. The number of aryl methyl sites for hydroxylation is 1. The third-order valence-electron chi connectivity index (χ3n) is 6.25. The first kappa shape index (κ1) is 21.6. The number of benzene rings is 3. The topological polar surface area (TPSA) is 63.7 Å². The molecule has 0 bridgehead atoms. The Morgan fingerprint density at radius 3 is 2.36 bits per heavy atom. The lowest BCUT2D eigenvalue weighted by molar-refractivity contribution is 0.0948. The van der Waals surface area contributed by atoms with Gasteiger partial charge in [-0.3, -0.25) is 9.20 Å². The molecule has 0 fully saturated rings. The van der Waals surface area contributed by atoms with Crippen molar-refractivity contribution < 1.29 is 4.79 Å². The number of para-hydroxylation sites is 2. The Morgan fingerprint density at radius 1 is 0.861 bits per heavy atom. The van der Waals surface area contributed by atoms with Crippen molar-refractivity contribution >= 4 is 28.7 Å². The molecule has 6 rings (SSSR count). The number of carbonyl (C=O) groups is 1. The van der Waals surface area contributed by atoms with Crippen molar-refractivity contribution in [3.63, 3.8) is 0 Å². The Labute approximate surface area is 208 Å². The number of aromatic nitrogens is 3. The molecule has 0 unspecified atom stereocenters. The van der Waals surface area contributed by atoms with Crippen LogP contribution in [0, 0.1) is 6.92 Å². The molecule has 0 spiro atoms. The standard InChI is InChI=1S/C30H23N5O/c1-21-28(34-19-11-10-18-27(34)32-21)30(36)33-31-20-25-24-16-8-9-17-26(24)35(23-14-6-3-7-15-23)29(25)22-12-4-2-5-13-22/h2-20H,1H3,(H,33,36). The van der Waals surface area contributed by atoms with Crippen molar-refractivity contribution in [2.75, 3.05) is 0 Å². The van der Waals surface area contributed by atoms with Gasteiger partial charge in [0, 0.05) is 22.8 Å². The Morgan fingerprint density at radius 2 is 1.56 bits per heavy atom. The number of hydrogen-bond donors (Lipinski definition) is 1. The van der Waals surface area contributed by atoms with Crippen molar-refractivity contribution in [2.45, 2.75) is 6.92 Å². The summed E-state index contributed by atoms with van der Waals surface area (Å²) in [7, 11) is 0. The fourth-order valence-electron chi connectivity index (χ4n) is 4.72.